The van der Waals surface area contributed by atoms with E-state index in [1.165, 1.54) is 19.3 Å². The third-order valence-corrected chi connectivity index (χ3v) is 5.00. The summed E-state index contributed by atoms with van der Waals surface area (Å²) in [5, 5.41) is 10.0. The summed E-state index contributed by atoms with van der Waals surface area (Å²) < 4.78 is 0. The van der Waals surface area contributed by atoms with E-state index in [1.54, 1.807) is 0 Å². The lowest BCUT2D eigenvalue weighted by Gasteiger charge is -2.31. The van der Waals surface area contributed by atoms with Crippen LogP contribution in [0.25, 0.3) is 0 Å². The monoisotopic (exact) mass is 309 g/mol. The summed E-state index contributed by atoms with van der Waals surface area (Å²) in [5.74, 6) is 0. The number of nitrogens with zero attached hydrogens (tertiary/aromatic N) is 3. The molecule has 2 unspecified atom stereocenters. The molecule has 1 aromatic rings. The fourth-order valence-electron chi connectivity index (χ4n) is 3.67. The van der Waals surface area contributed by atoms with Crippen molar-refractivity contribution in [2.24, 2.45) is 0 Å². The molecule has 0 radical (unpaired) electrons. The Balaban J connectivity index is 1.60. The molecule has 1 N–H and O–H groups in total. The summed E-state index contributed by atoms with van der Waals surface area (Å²) in [6.45, 7) is 4.51. The van der Waals surface area contributed by atoms with Crippen molar-refractivity contribution >= 4 is 11.6 Å². The minimum atomic E-state index is 0.294. The topological polar surface area (TPSA) is 39.6 Å². The van der Waals surface area contributed by atoms with Gasteiger partial charge in [-0.1, -0.05) is 17.7 Å². The number of aromatic nitrogens is 1. The first-order valence-corrected chi connectivity index (χ1v) is 8.34. The van der Waals surface area contributed by atoms with Crippen molar-refractivity contribution in [3.8, 4) is 0 Å². The van der Waals surface area contributed by atoms with Gasteiger partial charge in [-0.3, -0.25) is 9.80 Å². The highest BCUT2D eigenvalue weighted by Gasteiger charge is 2.31. The Hall–Kier alpha value is -0.680. The fourth-order valence-corrected chi connectivity index (χ4v) is 3.85. The normalized spacial score (nSPS) is 27.5. The van der Waals surface area contributed by atoms with Gasteiger partial charge in [-0.2, -0.15) is 0 Å². The largest absolute Gasteiger partial charge is 0.395 e. The van der Waals surface area contributed by atoms with Gasteiger partial charge in [-0.15, -0.1) is 0 Å². The van der Waals surface area contributed by atoms with Crippen molar-refractivity contribution in [3.63, 3.8) is 0 Å². The third kappa shape index (κ3) is 3.75. The van der Waals surface area contributed by atoms with Crippen molar-refractivity contribution in [1.29, 1.82) is 0 Å². The Morgan fingerprint density at radius 1 is 1.14 bits per heavy atom. The molecule has 0 saturated carbocycles. The molecule has 2 atom stereocenters. The van der Waals surface area contributed by atoms with E-state index in [-0.39, 0.29) is 0 Å². The van der Waals surface area contributed by atoms with Crippen LogP contribution in [0.3, 0.4) is 0 Å². The Morgan fingerprint density at radius 2 is 1.90 bits per heavy atom. The SMILES string of the molecule is OCC1CCCN1CC1CCCN1Cc1cccc(Cl)n1. The molecular weight excluding hydrogens is 286 g/mol. The average molecular weight is 310 g/mol. The molecule has 3 heterocycles. The van der Waals surface area contributed by atoms with Crippen molar-refractivity contribution in [2.75, 3.05) is 26.2 Å². The van der Waals surface area contributed by atoms with Crippen LogP contribution in [0.2, 0.25) is 5.15 Å². The summed E-state index contributed by atoms with van der Waals surface area (Å²) in [6.07, 6.45) is 4.85. The van der Waals surface area contributed by atoms with Crippen LogP contribution in [-0.4, -0.2) is 58.2 Å². The number of pyridine rings is 1. The summed E-state index contributed by atoms with van der Waals surface area (Å²) in [4.78, 5) is 9.39. The third-order valence-electron chi connectivity index (χ3n) is 4.79. The molecule has 0 spiro atoms. The van der Waals surface area contributed by atoms with E-state index in [9.17, 15) is 5.11 Å². The number of rotatable bonds is 5. The molecule has 1 aromatic heterocycles. The lowest BCUT2D eigenvalue weighted by atomic mass is 10.1. The predicted molar refractivity (Wildman–Crippen MR) is 84.4 cm³/mol. The van der Waals surface area contributed by atoms with Gasteiger partial charge in [0.05, 0.1) is 12.3 Å². The predicted octanol–water partition coefficient (Wildman–Crippen LogP) is 2.16. The summed E-state index contributed by atoms with van der Waals surface area (Å²) in [5.41, 5.74) is 1.05. The molecule has 0 amide bonds. The summed E-state index contributed by atoms with van der Waals surface area (Å²) >= 11 is 5.98. The highest BCUT2D eigenvalue weighted by Crippen LogP contribution is 2.24. The van der Waals surface area contributed by atoms with E-state index >= 15 is 0 Å². The Morgan fingerprint density at radius 3 is 2.67 bits per heavy atom. The zero-order valence-corrected chi connectivity index (χ0v) is 13.2. The number of halogens is 1. The number of aliphatic hydroxyl groups is 1. The van der Waals surface area contributed by atoms with Crippen LogP contribution in [0.1, 0.15) is 31.4 Å². The minimum absolute atomic E-state index is 0.294. The van der Waals surface area contributed by atoms with E-state index in [4.69, 9.17) is 11.6 Å². The first kappa shape index (κ1) is 15.2. The van der Waals surface area contributed by atoms with Gasteiger partial charge in [0.15, 0.2) is 0 Å². The molecule has 3 rings (SSSR count). The van der Waals surface area contributed by atoms with Crippen LogP contribution < -0.4 is 0 Å². The summed E-state index contributed by atoms with van der Waals surface area (Å²) in [6, 6.07) is 6.79. The van der Waals surface area contributed by atoms with Crippen LogP contribution in [0.15, 0.2) is 18.2 Å². The number of hydrogen-bond acceptors (Lipinski definition) is 4. The quantitative estimate of drug-likeness (QED) is 0.846. The van der Waals surface area contributed by atoms with Crippen LogP contribution in [0.5, 0.6) is 0 Å². The van der Waals surface area contributed by atoms with E-state index in [1.807, 2.05) is 18.2 Å². The maximum atomic E-state index is 9.46. The fraction of sp³-hybridized carbons (Fsp3) is 0.688. The molecule has 5 heteroatoms. The molecule has 4 nitrogen and oxygen atoms in total. The molecule has 21 heavy (non-hydrogen) atoms. The number of likely N-dealkylation sites (tertiary alicyclic amines) is 2. The number of hydrogen-bond donors (Lipinski definition) is 1. The Labute approximate surface area is 131 Å². The van der Waals surface area contributed by atoms with Gasteiger partial charge in [0.1, 0.15) is 5.15 Å². The molecule has 2 fully saturated rings. The molecule has 2 aliphatic heterocycles. The molecule has 0 aliphatic carbocycles. The minimum Gasteiger partial charge on any atom is -0.395 e. The van der Waals surface area contributed by atoms with E-state index in [0.29, 0.717) is 23.8 Å². The maximum absolute atomic E-state index is 9.46. The van der Waals surface area contributed by atoms with Crippen molar-refractivity contribution < 1.29 is 5.11 Å². The van der Waals surface area contributed by atoms with Crippen LogP contribution >= 0.6 is 11.6 Å². The second-order valence-electron chi connectivity index (χ2n) is 6.19. The van der Waals surface area contributed by atoms with Crippen LogP contribution in [0.4, 0.5) is 0 Å². The Kier molecular flexibility index (Phi) is 5.11. The van der Waals surface area contributed by atoms with Gasteiger partial charge in [0.25, 0.3) is 0 Å². The molecule has 0 aromatic carbocycles. The maximum Gasteiger partial charge on any atom is 0.129 e. The van der Waals surface area contributed by atoms with Gasteiger partial charge < -0.3 is 5.11 Å². The second kappa shape index (κ2) is 7.05. The first-order valence-electron chi connectivity index (χ1n) is 7.96. The standard InChI is InChI=1S/C16H24ClN3O/c17-16-7-1-4-13(18-16)10-19-8-2-5-14(19)11-20-9-3-6-15(20)12-21/h1,4,7,14-15,21H,2-3,5-6,8-12H2. The zero-order chi connectivity index (χ0) is 14.7. The average Bonchev–Trinajstić information content (AvgIpc) is 3.09. The molecule has 2 aliphatic rings. The Bertz CT molecular complexity index is 471. The van der Waals surface area contributed by atoms with E-state index in [0.717, 1.165) is 38.3 Å². The van der Waals surface area contributed by atoms with Crippen LogP contribution in [0, 0.1) is 0 Å². The van der Waals surface area contributed by atoms with Gasteiger partial charge in [-0.05, 0) is 50.9 Å². The van der Waals surface area contributed by atoms with Crippen molar-refractivity contribution in [3.05, 3.63) is 29.0 Å². The second-order valence-corrected chi connectivity index (χ2v) is 6.58. The smallest absolute Gasteiger partial charge is 0.129 e. The van der Waals surface area contributed by atoms with Crippen molar-refractivity contribution in [1.82, 2.24) is 14.8 Å². The first-order chi connectivity index (χ1) is 10.3. The summed E-state index contributed by atoms with van der Waals surface area (Å²) in [7, 11) is 0. The van der Waals surface area contributed by atoms with E-state index < -0.39 is 0 Å². The molecule has 116 valence electrons. The van der Waals surface area contributed by atoms with E-state index in [2.05, 4.69) is 14.8 Å². The molecular formula is C16H24ClN3O. The number of aliphatic hydroxyl groups excluding tert-OH is 1. The zero-order valence-electron chi connectivity index (χ0n) is 12.4. The van der Waals surface area contributed by atoms with Gasteiger partial charge in [0.2, 0.25) is 0 Å². The van der Waals surface area contributed by atoms with Crippen molar-refractivity contribution in [2.45, 2.75) is 44.3 Å². The van der Waals surface area contributed by atoms with Gasteiger partial charge in [-0.25, -0.2) is 4.98 Å². The lowest BCUT2D eigenvalue weighted by Crippen LogP contribution is -2.43. The van der Waals surface area contributed by atoms with Crippen LogP contribution in [-0.2, 0) is 6.54 Å². The van der Waals surface area contributed by atoms with Gasteiger partial charge >= 0.3 is 0 Å². The molecule has 0 bridgehead atoms. The van der Waals surface area contributed by atoms with Gasteiger partial charge in [0, 0.05) is 25.2 Å². The lowest BCUT2D eigenvalue weighted by molar-refractivity contribution is 0.119. The highest BCUT2D eigenvalue weighted by molar-refractivity contribution is 6.29. The highest BCUT2D eigenvalue weighted by atomic mass is 35.5. The molecule has 2 saturated heterocycles.